The summed E-state index contributed by atoms with van der Waals surface area (Å²) in [7, 11) is 2.39. The Kier molecular flexibility index (Phi) is 2.20. The van der Waals surface area contributed by atoms with Gasteiger partial charge in [-0.15, -0.1) is 5.06 Å². The minimum Gasteiger partial charge on any atom is -0.346 e. The van der Waals surface area contributed by atoms with Gasteiger partial charge >= 0.3 is 6.03 Å². The Labute approximate surface area is 68.6 Å². The lowest BCUT2D eigenvalue weighted by molar-refractivity contribution is -0.324. The van der Waals surface area contributed by atoms with E-state index in [1.807, 2.05) is 0 Å². The molecule has 1 aliphatic heterocycles. The Morgan fingerprint density at radius 1 is 1.42 bits per heavy atom. The van der Waals surface area contributed by atoms with Crippen molar-refractivity contribution in [3.8, 4) is 0 Å². The number of hydroxylamine groups is 4. The van der Waals surface area contributed by atoms with E-state index in [9.17, 15) is 4.79 Å². The van der Waals surface area contributed by atoms with E-state index in [-0.39, 0.29) is 6.54 Å². The third kappa shape index (κ3) is 1.23. The molecule has 0 atom stereocenters. The van der Waals surface area contributed by atoms with Crippen LogP contribution in [0.4, 0.5) is 4.79 Å². The maximum Gasteiger partial charge on any atom is 0.372 e. The Balaban J connectivity index is 2.80. The minimum atomic E-state index is -2.33. The van der Waals surface area contributed by atoms with Gasteiger partial charge < -0.3 is 10.2 Å². The second kappa shape index (κ2) is 2.87. The van der Waals surface area contributed by atoms with Crippen molar-refractivity contribution in [2.24, 2.45) is 0 Å². The third-order valence-electron chi connectivity index (χ3n) is 1.47. The van der Waals surface area contributed by atoms with Gasteiger partial charge in [-0.2, -0.15) is 5.06 Å². The van der Waals surface area contributed by atoms with E-state index in [2.05, 4.69) is 9.68 Å². The molecule has 1 heterocycles. The van der Waals surface area contributed by atoms with Crippen LogP contribution in [0.25, 0.3) is 0 Å². The van der Waals surface area contributed by atoms with Crippen LogP contribution in [0.2, 0.25) is 0 Å². The summed E-state index contributed by atoms with van der Waals surface area (Å²) in [5.74, 6) is -2.33. The summed E-state index contributed by atoms with van der Waals surface area (Å²) in [4.78, 5) is 20.0. The molecule has 0 saturated carbocycles. The summed E-state index contributed by atoms with van der Waals surface area (Å²) in [6, 6.07) is -0.759. The number of aliphatic hydroxyl groups is 2. The zero-order valence-corrected chi connectivity index (χ0v) is 6.72. The number of amides is 2. The molecule has 0 bridgehead atoms. The molecule has 7 nitrogen and oxygen atoms in total. The molecule has 0 aromatic heterocycles. The predicted octanol–water partition coefficient (Wildman–Crippen LogP) is -1.51. The van der Waals surface area contributed by atoms with Crippen molar-refractivity contribution in [3.63, 3.8) is 0 Å². The summed E-state index contributed by atoms with van der Waals surface area (Å²) in [5, 5.41) is 19.5. The quantitative estimate of drug-likeness (QED) is 0.502. The van der Waals surface area contributed by atoms with Crippen LogP contribution >= 0.6 is 0 Å². The van der Waals surface area contributed by atoms with Gasteiger partial charge in [-0.3, -0.25) is 9.68 Å². The lowest BCUT2D eigenvalue weighted by Gasteiger charge is -2.22. The highest BCUT2D eigenvalue weighted by Gasteiger charge is 2.49. The summed E-state index contributed by atoms with van der Waals surface area (Å²) in [6.07, 6.45) is 0. The minimum absolute atomic E-state index is 0.379. The zero-order chi connectivity index (χ0) is 9.35. The molecule has 70 valence electrons. The van der Waals surface area contributed by atoms with Gasteiger partial charge in [0.1, 0.15) is 6.54 Å². The molecular formula is C5H10N2O5. The van der Waals surface area contributed by atoms with E-state index < -0.39 is 11.9 Å². The van der Waals surface area contributed by atoms with Gasteiger partial charge in [-0.1, -0.05) is 0 Å². The van der Waals surface area contributed by atoms with Crippen LogP contribution in [0.3, 0.4) is 0 Å². The molecule has 1 saturated heterocycles. The van der Waals surface area contributed by atoms with Crippen LogP contribution in [-0.4, -0.2) is 53.0 Å². The van der Waals surface area contributed by atoms with Crippen LogP contribution in [0.5, 0.6) is 0 Å². The summed E-state index contributed by atoms with van der Waals surface area (Å²) < 4.78 is 0. The van der Waals surface area contributed by atoms with Gasteiger partial charge in [0.2, 0.25) is 0 Å². The zero-order valence-electron chi connectivity index (χ0n) is 6.72. The normalized spacial score (nSPS) is 22.2. The van der Waals surface area contributed by atoms with Gasteiger partial charge in [-0.25, -0.2) is 4.79 Å². The lowest BCUT2D eigenvalue weighted by Crippen LogP contribution is -2.46. The molecule has 0 aliphatic carbocycles. The smallest absolute Gasteiger partial charge is 0.346 e. The average Bonchev–Trinajstić information content (AvgIpc) is 2.21. The van der Waals surface area contributed by atoms with Gasteiger partial charge in [0.05, 0.1) is 14.2 Å². The first-order chi connectivity index (χ1) is 5.53. The predicted molar refractivity (Wildman–Crippen MR) is 35.1 cm³/mol. The van der Waals surface area contributed by atoms with E-state index in [1.54, 1.807) is 0 Å². The fourth-order valence-electron chi connectivity index (χ4n) is 0.946. The van der Waals surface area contributed by atoms with Gasteiger partial charge in [0, 0.05) is 0 Å². The maximum absolute atomic E-state index is 11.1. The molecule has 7 heteroatoms. The summed E-state index contributed by atoms with van der Waals surface area (Å²) in [5.41, 5.74) is 0. The van der Waals surface area contributed by atoms with Crippen LogP contribution in [0.1, 0.15) is 0 Å². The largest absolute Gasteiger partial charge is 0.372 e. The molecule has 0 radical (unpaired) electrons. The van der Waals surface area contributed by atoms with Crippen molar-refractivity contribution in [3.05, 3.63) is 0 Å². The van der Waals surface area contributed by atoms with Crippen LogP contribution in [0, 0.1) is 0 Å². The van der Waals surface area contributed by atoms with E-state index in [0.717, 1.165) is 12.2 Å². The van der Waals surface area contributed by atoms with E-state index in [0.29, 0.717) is 5.06 Å². The second-order valence-corrected chi connectivity index (χ2v) is 2.25. The molecule has 0 spiro atoms. The van der Waals surface area contributed by atoms with Crippen molar-refractivity contribution in [1.29, 1.82) is 0 Å². The Bertz CT molecular complexity index is 194. The van der Waals surface area contributed by atoms with Gasteiger partial charge in [0.15, 0.2) is 0 Å². The Morgan fingerprint density at radius 3 is 2.25 bits per heavy atom. The standard InChI is InChI=1S/C5H10N2O5/c1-11-6-3-5(9,10)7(12-2)4(6)8/h9-10H,3H2,1-2H3. The van der Waals surface area contributed by atoms with Crippen LogP contribution in [0.15, 0.2) is 0 Å². The molecule has 0 aromatic carbocycles. The summed E-state index contributed by atoms with van der Waals surface area (Å²) >= 11 is 0. The number of carbonyl (C=O) groups is 1. The highest BCUT2D eigenvalue weighted by molar-refractivity contribution is 5.74. The highest BCUT2D eigenvalue weighted by Crippen LogP contribution is 2.21. The number of rotatable bonds is 2. The molecule has 1 rings (SSSR count). The first-order valence-corrected chi connectivity index (χ1v) is 3.17. The third-order valence-corrected chi connectivity index (χ3v) is 1.47. The lowest BCUT2D eigenvalue weighted by atomic mass is 10.5. The number of hydrogen-bond donors (Lipinski definition) is 2. The molecule has 1 aliphatic rings. The first-order valence-electron chi connectivity index (χ1n) is 3.17. The van der Waals surface area contributed by atoms with E-state index in [4.69, 9.17) is 10.2 Å². The molecule has 0 aromatic rings. The number of β-amino-alcohol motifs (C(OH)–C–C–N with tert-alkyl or cyclic N) is 2. The van der Waals surface area contributed by atoms with Crippen molar-refractivity contribution >= 4 is 6.03 Å². The number of hydrogen-bond acceptors (Lipinski definition) is 5. The first kappa shape index (κ1) is 9.20. The topological polar surface area (TPSA) is 82.5 Å². The highest BCUT2D eigenvalue weighted by atomic mass is 16.8. The molecule has 0 unspecified atom stereocenters. The van der Waals surface area contributed by atoms with Crippen LogP contribution < -0.4 is 0 Å². The maximum atomic E-state index is 11.1. The van der Waals surface area contributed by atoms with Crippen molar-refractivity contribution in [2.75, 3.05) is 20.8 Å². The van der Waals surface area contributed by atoms with Crippen molar-refractivity contribution in [1.82, 2.24) is 10.1 Å². The van der Waals surface area contributed by atoms with Crippen LogP contribution in [-0.2, 0) is 9.68 Å². The van der Waals surface area contributed by atoms with Crippen molar-refractivity contribution < 1.29 is 24.7 Å². The summed E-state index contributed by atoms with van der Waals surface area (Å²) in [6.45, 7) is -0.379. The molecule has 12 heavy (non-hydrogen) atoms. The number of nitrogens with zero attached hydrogens (tertiary/aromatic N) is 2. The second-order valence-electron chi connectivity index (χ2n) is 2.25. The van der Waals surface area contributed by atoms with Crippen molar-refractivity contribution in [2.45, 2.75) is 5.91 Å². The number of carbonyl (C=O) groups excluding carboxylic acids is 1. The number of urea groups is 1. The fraction of sp³-hybridized carbons (Fsp3) is 0.800. The average molecular weight is 178 g/mol. The SMILES string of the molecule is CON1CC(O)(O)N(OC)C1=O. The monoisotopic (exact) mass is 178 g/mol. The molecule has 2 amide bonds. The van der Waals surface area contributed by atoms with E-state index >= 15 is 0 Å². The molecular weight excluding hydrogens is 168 g/mol. The fourth-order valence-corrected chi connectivity index (χ4v) is 0.946. The van der Waals surface area contributed by atoms with E-state index in [1.165, 1.54) is 7.11 Å². The molecule has 1 fully saturated rings. The molecule has 2 N–H and O–H groups in total. The Hall–Kier alpha value is -0.890. The van der Waals surface area contributed by atoms with Gasteiger partial charge in [-0.05, 0) is 0 Å². The Morgan fingerprint density at radius 2 is 2.00 bits per heavy atom. The van der Waals surface area contributed by atoms with Gasteiger partial charge in [0.25, 0.3) is 5.91 Å².